The molecule has 2 aromatic carbocycles. The molecule has 0 saturated heterocycles. The predicted octanol–water partition coefficient (Wildman–Crippen LogP) is 3.10. The molecule has 0 bridgehead atoms. The number of benzene rings is 2. The minimum atomic E-state index is 0.181. The number of para-hydroxylation sites is 3. The van der Waals surface area contributed by atoms with Crippen LogP contribution in [0.2, 0.25) is 0 Å². The van der Waals surface area contributed by atoms with Crippen molar-refractivity contribution in [2.75, 3.05) is 14.2 Å². The normalized spacial score (nSPS) is 8.82. The fraction of sp³-hybridized carbons (Fsp3) is 0.143. The van der Waals surface area contributed by atoms with Crippen molar-refractivity contribution < 1.29 is 14.6 Å². The van der Waals surface area contributed by atoms with E-state index in [0.29, 0.717) is 5.75 Å². The van der Waals surface area contributed by atoms with E-state index in [9.17, 15) is 0 Å². The Hall–Kier alpha value is -2.16. The second-order valence-corrected chi connectivity index (χ2v) is 3.19. The Bertz CT molecular complexity index is 426. The van der Waals surface area contributed by atoms with Gasteiger partial charge in [0, 0.05) is 0 Å². The first kappa shape index (κ1) is 12.9. The molecule has 2 rings (SSSR count). The van der Waals surface area contributed by atoms with Crippen LogP contribution in [0.25, 0.3) is 0 Å². The summed E-state index contributed by atoms with van der Waals surface area (Å²) >= 11 is 0. The van der Waals surface area contributed by atoms with Gasteiger partial charge in [-0.2, -0.15) is 0 Å². The van der Waals surface area contributed by atoms with Crippen LogP contribution < -0.4 is 9.47 Å². The predicted molar refractivity (Wildman–Crippen MR) is 67.7 cm³/mol. The number of phenols is 1. The van der Waals surface area contributed by atoms with Crippen LogP contribution in [0, 0.1) is 0 Å². The first-order chi connectivity index (χ1) is 8.27. The lowest BCUT2D eigenvalue weighted by atomic mass is 10.3. The molecule has 0 aliphatic rings. The van der Waals surface area contributed by atoms with Gasteiger partial charge in [-0.3, -0.25) is 0 Å². The van der Waals surface area contributed by atoms with E-state index in [4.69, 9.17) is 14.6 Å². The molecule has 0 amide bonds. The molecular formula is C14H16O3. The molecule has 17 heavy (non-hydrogen) atoms. The highest BCUT2D eigenvalue weighted by molar-refractivity contribution is 5.37. The monoisotopic (exact) mass is 232 g/mol. The lowest BCUT2D eigenvalue weighted by molar-refractivity contribution is 0.373. The van der Waals surface area contributed by atoms with Gasteiger partial charge < -0.3 is 14.6 Å². The zero-order valence-corrected chi connectivity index (χ0v) is 9.96. The lowest BCUT2D eigenvalue weighted by Gasteiger charge is -1.99. The van der Waals surface area contributed by atoms with Crippen LogP contribution in [0.1, 0.15) is 0 Å². The minimum Gasteiger partial charge on any atom is -0.504 e. The van der Waals surface area contributed by atoms with Gasteiger partial charge in [-0.25, -0.2) is 0 Å². The molecular weight excluding hydrogens is 216 g/mol. The van der Waals surface area contributed by atoms with E-state index >= 15 is 0 Å². The van der Waals surface area contributed by atoms with E-state index in [0.717, 1.165) is 5.75 Å². The van der Waals surface area contributed by atoms with E-state index in [1.807, 2.05) is 30.3 Å². The fourth-order valence-corrected chi connectivity index (χ4v) is 1.19. The molecule has 0 radical (unpaired) electrons. The molecule has 0 heterocycles. The maximum Gasteiger partial charge on any atom is 0.160 e. The van der Waals surface area contributed by atoms with Crippen LogP contribution in [-0.2, 0) is 0 Å². The van der Waals surface area contributed by atoms with Crippen molar-refractivity contribution in [2.45, 2.75) is 0 Å². The van der Waals surface area contributed by atoms with Crippen molar-refractivity contribution in [2.24, 2.45) is 0 Å². The molecule has 3 nitrogen and oxygen atoms in total. The molecule has 0 fully saturated rings. The molecule has 90 valence electrons. The van der Waals surface area contributed by atoms with Crippen LogP contribution in [0.15, 0.2) is 54.6 Å². The minimum absolute atomic E-state index is 0.181. The Kier molecular flexibility index (Phi) is 5.44. The van der Waals surface area contributed by atoms with E-state index in [2.05, 4.69) is 0 Å². The zero-order chi connectivity index (χ0) is 12.5. The van der Waals surface area contributed by atoms with Gasteiger partial charge in [0.1, 0.15) is 5.75 Å². The van der Waals surface area contributed by atoms with Crippen molar-refractivity contribution in [1.29, 1.82) is 0 Å². The SMILES string of the molecule is COc1ccccc1.COc1ccccc1O. The summed E-state index contributed by atoms with van der Waals surface area (Å²) in [5, 5.41) is 8.99. The summed E-state index contributed by atoms with van der Waals surface area (Å²) in [5.74, 6) is 1.60. The van der Waals surface area contributed by atoms with E-state index in [1.165, 1.54) is 7.11 Å². The first-order valence-electron chi connectivity index (χ1n) is 5.19. The first-order valence-corrected chi connectivity index (χ1v) is 5.19. The van der Waals surface area contributed by atoms with Crippen molar-refractivity contribution in [3.63, 3.8) is 0 Å². The van der Waals surface area contributed by atoms with Crippen molar-refractivity contribution in [3.8, 4) is 17.2 Å². The molecule has 0 aromatic heterocycles. The fourth-order valence-electron chi connectivity index (χ4n) is 1.19. The molecule has 1 N–H and O–H groups in total. The van der Waals surface area contributed by atoms with Gasteiger partial charge >= 0.3 is 0 Å². The third kappa shape index (κ3) is 4.47. The molecule has 0 saturated carbocycles. The highest BCUT2D eigenvalue weighted by Gasteiger charge is 1.94. The smallest absolute Gasteiger partial charge is 0.160 e. The van der Waals surface area contributed by atoms with E-state index in [-0.39, 0.29) is 5.75 Å². The number of hydrogen-bond acceptors (Lipinski definition) is 3. The summed E-state index contributed by atoms with van der Waals surface area (Å²) < 4.78 is 9.71. The van der Waals surface area contributed by atoms with Crippen molar-refractivity contribution in [1.82, 2.24) is 0 Å². The number of phenolic OH excluding ortho intramolecular Hbond substituents is 1. The average Bonchev–Trinajstić information content (AvgIpc) is 2.41. The van der Waals surface area contributed by atoms with Crippen molar-refractivity contribution >= 4 is 0 Å². The molecule has 0 spiro atoms. The summed E-state index contributed by atoms with van der Waals surface area (Å²) in [6.07, 6.45) is 0. The average molecular weight is 232 g/mol. The number of aromatic hydroxyl groups is 1. The maximum absolute atomic E-state index is 8.99. The topological polar surface area (TPSA) is 38.7 Å². The summed E-state index contributed by atoms with van der Waals surface area (Å²) in [6, 6.07) is 16.5. The van der Waals surface area contributed by atoms with E-state index in [1.54, 1.807) is 31.4 Å². The summed E-state index contributed by atoms with van der Waals surface area (Å²) in [5.41, 5.74) is 0. The second-order valence-electron chi connectivity index (χ2n) is 3.19. The summed E-state index contributed by atoms with van der Waals surface area (Å²) in [4.78, 5) is 0. The van der Waals surface area contributed by atoms with E-state index < -0.39 is 0 Å². The largest absolute Gasteiger partial charge is 0.504 e. The van der Waals surface area contributed by atoms with Crippen molar-refractivity contribution in [3.05, 3.63) is 54.6 Å². The molecule has 0 aliphatic carbocycles. The zero-order valence-electron chi connectivity index (χ0n) is 9.96. The van der Waals surface area contributed by atoms with Gasteiger partial charge in [-0.1, -0.05) is 30.3 Å². The molecule has 0 aliphatic heterocycles. The number of hydrogen-bond donors (Lipinski definition) is 1. The van der Waals surface area contributed by atoms with Gasteiger partial charge in [0.05, 0.1) is 14.2 Å². The Balaban J connectivity index is 0.000000171. The number of rotatable bonds is 2. The van der Waals surface area contributed by atoms with Gasteiger partial charge in [0.2, 0.25) is 0 Å². The van der Waals surface area contributed by atoms with Crippen LogP contribution in [0.5, 0.6) is 17.2 Å². The van der Waals surface area contributed by atoms with Crippen LogP contribution in [-0.4, -0.2) is 19.3 Å². The molecule has 0 unspecified atom stereocenters. The Morgan fingerprint density at radius 3 is 1.76 bits per heavy atom. The highest BCUT2D eigenvalue weighted by atomic mass is 16.5. The summed E-state index contributed by atoms with van der Waals surface area (Å²) in [7, 11) is 3.18. The van der Waals surface area contributed by atoms with Crippen LogP contribution in [0.3, 0.4) is 0 Å². The van der Waals surface area contributed by atoms with Gasteiger partial charge in [-0.05, 0) is 24.3 Å². The Labute approximate surface area is 101 Å². The Morgan fingerprint density at radius 2 is 1.35 bits per heavy atom. The van der Waals surface area contributed by atoms with Gasteiger partial charge in [0.25, 0.3) is 0 Å². The molecule has 2 aromatic rings. The third-order valence-corrected chi connectivity index (χ3v) is 2.06. The maximum atomic E-state index is 8.99. The standard InChI is InChI=1S/C7H8O2.C7H8O/c1-9-7-5-3-2-4-6(7)8;1-8-7-5-3-2-4-6-7/h2-5,8H,1H3;2-6H,1H3. The third-order valence-electron chi connectivity index (χ3n) is 2.06. The number of methoxy groups -OCH3 is 2. The quantitative estimate of drug-likeness (QED) is 0.864. The van der Waals surface area contributed by atoms with Gasteiger partial charge in [0.15, 0.2) is 11.5 Å². The second kappa shape index (κ2) is 7.17. The molecule has 3 heteroatoms. The highest BCUT2D eigenvalue weighted by Crippen LogP contribution is 2.22. The number of ether oxygens (including phenoxy) is 2. The Morgan fingerprint density at radius 1 is 0.765 bits per heavy atom. The lowest BCUT2D eigenvalue weighted by Crippen LogP contribution is -1.80. The van der Waals surface area contributed by atoms with Crippen LogP contribution in [0.4, 0.5) is 0 Å². The van der Waals surface area contributed by atoms with Crippen LogP contribution >= 0.6 is 0 Å². The molecule has 0 atom stereocenters. The van der Waals surface area contributed by atoms with Gasteiger partial charge in [-0.15, -0.1) is 0 Å². The summed E-state index contributed by atoms with van der Waals surface area (Å²) in [6.45, 7) is 0.